The van der Waals surface area contributed by atoms with Crippen LogP contribution in [0.5, 0.6) is 0 Å². The number of nitrogens with two attached hydrogens (primary N) is 1. The Balaban J connectivity index is 0.00000512. The topological polar surface area (TPSA) is 26.0 Å². The predicted octanol–water partition coefficient (Wildman–Crippen LogP) is 9.41. The fourth-order valence-electron chi connectivity index (χ4n) is 4.90. The Morgan fingerprint density at radius 3 is 1.50 bits per heavy atom. The molecule has 0 amide bonds. The van der Waals surface area contributed by atoms with Crippen molar-refractivity contribution in [3.8, 4) is 0 Å². The second kappa shape index (κ2) is 18.9. The smallest absolute Gasteiger partial charge is 0.0396 e. The number of nitrogen functional groups attached to an aromatic ring is 1. The van der Waals surface area contributed by atoms with Crippen LogP contribution in [0.25, 0.3) is 10.8 Å². The third kappa shape index (κ3) is 11.1. The van der Waals surface area contributed by atoms with Crippen LogP contribution in [0, 0.1) is 0 Å². The van der Waals surface area contributed by atoms with Gasteiger partial charge in [-0.15, -0.1) is 0 Å². The molecule has 2 aromatic rings. The Bertz CT molecular complexity index is 724. The molecule has 0 aromatic heterocycles. The van der Waals surface area contributed by atoms with Gasteiger partial charge in [0.25, 0.3) is 0 Å². The maximum absolute atomic E-state index is 6.45. The summed E-state index contributed by atoms with van der Waals surface area (Å²) in [6, 6.07) is 11.3. The van der Waals surface area contributed by atoms with Crippen LogP contribution in [0.15, 0.2) is 30.3 Å². The van der Waals surface area contributed by atoms with Crippen LogP contribution >= 0.6 is 0 Å². The molecule has 2 aromatic carbocycles. The van der Waals surface area contributed by atoms with Crippen molar-refractivity contribution in [1.82, 2.24) is 0 Å². The van der Waals surface area contributed by atoms with Crippen molar-refractivity contribution in [3.63, 3.8) is 0 Å². The maximum Gasteiger partial charge on any atom is 0.0396 e. The second-order valence-corrected chi connectivity index (χ2v) is 9.60. The first kappa shape index (κ1) is 29.5. The van der Waals surface area contributed by atoms with E-state index in [1.807, 2.05) is 0 Å². The largest absolute Gasteiger partial charge is 0.398 e. The maximum atomic E-state index is 6.45. The van der Waals surface area contributed by atoms with Crippen molar-refractivity contribution < 1.29 is 0 Å². The molecule has 2 rings (SSSR count). The average molecular weight is 447 g/mol. The van der Waals surface area contributed by atoms with E-state index in [1.54, 1.807) is 0 Å². The monoisotopic (exact) mass is 446 g/mol. The van der Waals surface area contributed by atoms with E-state index >= 15 is 0 Å². The summed E-state index contributed by atoms with van der Waals surface area (Å²) in [6.07, 6.45) is 24.4. The van der Waals surface area contributed by atoms with Crippen molar-refractivity contribution in [2.75, 3.05) is 5.73 Å². The molecule has 0 spiro atoms. The van der Waals surface area contributed by atoms with Crippen LogP contribution in [0.4, 0.5) is 5.69 Å². The molecular formula is C30H49NNa. The number of hydrogen-bond acceptors (Lipinski definition) is 1. The number of anilines is 1. The van der Waals surface area contributed by atoms with E-state index in [-0.39, 0.29) is 29.6 Å². The number of benzene rings is 2. The van der Waals surface area contributed by atoms with Gasteiger partial charge in [0.05, 0.1) is 0 Å². The Labute approximate surface area is 221 Å². The van der Waals surface area contributed by atoms with Gasteiger partial charge in [0, 0.05) is 40.6 Å². The summed E-state index contributed by atoms with van der Waals surface area (Å²) in [4.78, 5) is 0. The molecule has 0 heterocycles. The van der Waals surface area contributed by atoms with Gasteiger partial charge >= 0.3 is 0 Å². The molecule has 1 radical (unpaired) electrons. The summed E-state index contributed by atoms with van der Waals surface area (Å²) in [6.45, 7) is 4.58. The molecule has 0 aliphatic carbocycles. The normalized spacial score (nSPS) is 11.1. The Morgan fingerprint density at radius 2 is 0.969 bits per heavy atom. The van der Waals surface area contributed by atoms with Crippen LogP contribution in [0.2, 0.25) is 0 Å². The second-order valence-electron chi connectivity index (χ2n) is 9.60. The van der Waals surface area contributed by atoms with Crippen molar-refractivity contribution in [3.05, 3.63) is 41.5 Å². The van der Waals surface area contributed by atoms with Crippen molar-refractivity contribution in [1.29, 1.82) is 0 Å². The van der Waals surface area contributed by atoms with Crippen LogP contribution in [-0.4, -0.2) is 29.6 Å². The predicted molar refractivity (Wildman–Crippen MR) is 147 cm³/mol. The van der Waals surface area contributed by atoms with Gasteiger partial charge in [-0.05, 0) is 48.3 Å². The zero-order valence-electron chi connectivity index (χ0n) is 21.7. The molecule has 32 heavy (non-hydrogen) atoms. The first-order valence-electron chi connectivity index (χ1n) is 13.6. The summed E-state index contributed by atoms with van der Waals surface area (Å²) >= 11 is 0. The van der Waals surface area contributed by atoms with Crippen molar-refractivity contribution in [2.45, 2.75) is 129 Å². The average Bonchev–Trinajstić information content (AvgIpc) is 2.78. The molecule has 0 aliphatic heterocycles. The van der Waals surface area contributed by atoms with E-state index in [0.717, 1.165) is 12.1 Å². The summed E-state index contributed by atoms with van der Waals surface area (Å²) in [7, 11) is 0. The van der Waals surface area contributed by atoms with Crippen LogP contribution in [-0.2, 0) is 12.8 Å². The Hall–Kier alpha value is -0.500. The molecule has 0 fully saturated rings. The zero-order chi connectivity index (χ0) is 22.2. The molecule has 1 nitrogen and oxygen atoms in total. The molecule has 0 bridgehead atoms. The van der Waals surface area contributed by atoms with Crippen LogP contribution < -0.4 is 5.73 Å². The fraction of sp³-hybridized carbons (Fsp3) is 0.667. The van der Waals surface area contributed by atoms with E-state index < -0.39 is 0 Å². The molecule has 2 N–H and O–H groups in total. The third-order valence-electron chi connectivity index (χ3n) is 6.85. The molecule has 0 saturated heterocycles. The Kier molecular flexibility index (Phi) is 17.4. The van der Waals surface area contributed by atoms with Crippen LogP contribution in [0.1, 0.15) is 128 Å². The van der Waals surface area contributed by atoms with Gasteiger partial charge in [-0.1, -0.05) is 128 Å². The van der Waals surface area contributed by atoms with Crippen LogP contribution in [0.3, 0.4) is 0 Å². The van der Waals surface area contributed by atoms with E-state index in [4.69, 9.17) is 5.73 Å². The minimum absolute atomic E-state index is 0. The Morgan fingerprint density at radius 1 is 0.531 bits per heavy atom. The van der Waals surface area contributed by atoms with Gasteiger partial charge in [-0.25, -0.2) is 0 Å². The van der Waals surface area contributed by atoms with Gasteiger partial charge in [-0.2, -0.15) is 0 Å². The van der Waals surface area contributed by atoms with Crippen molar-refractivity contribution >= 4 is 46.0 Å². The van der Waals surface area contributed by atoms with E-state index in [2.05, 4.69) is 44.2 Å². The molecule has 0 unspecified atom stereocenters. The minimum atomic E-state index is 0. The van der Waals surface area contributed by atoms with Crippen molar-refractivity contribution in [2.24, 2.45) is 0 Å². The number of fused-ring (bicyclic) bond motifs is 1. The molecular weight excluding hydrogens is 397 g/mol. The first-order chi connectivity index (χ1) is 15.3. The number of hydrogen-bond donors (Lipinski definition) is 1. The molecule has 0 atom stereocenters. The van der Waals surface area contributed by atoms with Gasteiger partial charge in [0.1, 0.15) is 0 Å². The number of rotatable bonds is 18. The SMILES string of the molecule is CCCCCCCCCCCCc1ccc(CCCCCCCC)c2c(N)cccc12.[Na]. The standard InChI is InChI=1S/C30H49N.Na/c1-3-5-7-9-11-12-13-14-16-17-20-26-24-25-27(21-18-15-10-8-6-4-2)30-28(26)22-19-23-29(30)31;/h19,22-25H,3-18,20-21,31H2,1-2H3;. The first-order valence-corrected chi connectivity index (χ1v) is 13.6. The van der Waals surface area contributed by atoms with E-state index in [9.17, 15) is 0 Å². The summed E-state index contributed by atoms with van der Waals surface area (Å²) in [5.74, 6) is 0. The van der Waals surface area contributed by atoms with E-state index in [1.165, 1.54) is 131 Å². The van der Waals surface area contributed by atoms with Gasteiger partial charge < -0.3 is 5.73 Å². The summed E-state index contributed by atoms with van der Waals surface area (Å²) in [5.41, 5.74) is 10.4. The summed E-state index contributed by atoms with van der Waals surface area (Å²) < 4.78 is 0. The van der Waals surface area contributed by atoms with E-state index in [0.29, 0.717) is 0 Å². The zero-order valence-corrected chi connectivity index (χ0v) is 23.7. The number of unbranched alkanes of at least 4 members (excludes halogenated alkanes) is 14. The fourth-order valence-corrected chi connectivity index (χ4v) is 4.90. The third-order valence-corrected chi connectivity index (χ3v) is 6.85. The summed E-state index contributed by atoms with van der Waals surface area (Å²) in [5, 5.41) is 2.74. The molecule has 2 heteroatoms. The quantitative estimate of drug-likeness (QED) is 0.138. The van der Waals surface area contributed by atoms with Gasteiger partial charge in [0.15, 0.2) is 0 Å². The van der Waals surface area contributed by atoms with Gasteiger partial charge in [0.2, 0.25) is 0 Å². The molecule has 0 aliphatic rings. The minimum Gasteiger partial charge on any atom is -0.398 e. The molecule has 175 valence electrons. The van der Waals surface area contributed by atoms with Gasteiger partial charge in [-0.3, -0.25) is 0 Å². The number of aryl methyl sites for hydroxylation is 2. The molecule has 0 saturated carbocycles.